The fourth-order valence-electron chi connectivity index (χ4n) is 2.77. The number of hydrogen-bond acceptors (Lipinski definition) is 3. The number of amides is 2. The molecular formula is C22H20Cl2N2O3. The van der Waals surface area contributed by atoms with E-state index >= 15 is 0 Å². The number of hydrogen-bond donors (Lipinski definition) is 2. The molecule has 1 aromatic heterocycles. The SMILES string of the molecule is O=C(CCc1ccc(Cl)cc1Cl)NCc1cccc(C(=O)NCc2ccco2)c1. The van der Waals surface area contributed by atoms with Crippen molar-refractivity contribution in [2.75, 3.05) is 0 Å². The molecule has 0 spiro atoms. The van der Waals surface area contributed by atoms with Gasteiger partial charge in [-0.15, -0.1) is 0 Å². The topological polar surface area (TPSA) is 71.3 Å². The van der Waals surface area contributed by atoms with Gasteiger partial charge in [0.15, 0.2) is 0 Å². The molecule has 0 fully saturated rings. The maximum atomic E-state index is 12.3. The highest BCUT2D eigenvalue weighted by Crippen LogP contribution is 2.22. The van der Waals surface area contributed by atoms with E-state index in [0.717, 1.165) is 11.1 Å². The fourth-order valence-corrected chi connectivity index (χ4v) is 3.27. The first-order valence-corrected chi connectivity index (χ1v) is 9.87. The van der Waals surface area contributed by atoms with E-state index < -0.39 is 0 Å². The van der Waals surface area contributed by atoms with Crippen molar-refractivity contribution in [2.24, 2.45) is 0 Å². The Morgan fingerprint density at radius 3 is 2.55 bits per heavy atom. The van der Waals surface area contributed by atoms with Gasteiger partial charge in [-0.05, 0) is 53.9 Å². The molecule has 0 aliphatic carbocycles. The molecule has 0 atom stereocenters. The van der Waals surface area contributed by atoms with Crippen molar-refractivity contribution in [2.45, 2.75) is 25.9 Å². The van der Waals surface area contributed by atoms with Crippen molar-refractivity contribution >= 4 is 35.0 Å². The summed E-state index contributed by atoms with van der Waals surface area (Å²) in [6.07, 6.45) is 2.40. The molecule has 3 aromatic rings. The molecule has 150 valence electrons. The molecule has 0 radical (unpaired) electrons. The summed E-state index contributed by atoms with van der Waals surface area (Å²) in [7, 11) is 0. The Morgan fingerprint density at radius 1 is 0.931 bits per heavy atom. The average molecular weight is 431 g/mol. The number of rotatable bonds is 8. The minimum absolute atomic E-state index is 0.0938. The van der Waals surface area contributed by atoms with E-state index in [-0.39, 0.29) is 11.8 Å². The summed E-state index contributed by atoms with van der Waals surface area (Å²) in [6.45, 7) is 0.659. The van der Waals surface area contributed by atoms with Crippen LogP contribution in [0.4, 0.5) is 0 Å². The predicted octanol–water partition coefficient (Wildman–Crippen LogP) is 4.77. The summed E-state index contributed by atoms with van der Waals surface area (Å²) in [5.41, 5.74) is 2.24. The van der Waals surface area contributed by atoms with Crippen molar-refractivity contribution in [3.63, 3.8) is 0 Å². The van der Waals surface area contributed by atoms with Crippen molar-refractivity contribution in [3.8, 4) is 0 Å². The van der Waals surface area contributed by atoms with Crippen LogP contribution in [0.15, 0.2) is 65.3 Å². The van der Waals surface area contributed by atoms with Gasteiger partial charge in [0, 0.05) is 28.6 Å². The van der Waals surface area contributed by atoms with Crippen molar-refractivity contribution < 1.29 is 14.0 Å². The van der Waals surface area contributed by atoms with Crippen LogP contribution >= 0.6 is 23.2 Å². The summed E-state index contributed by atoms with van der Waals surface area (Å²) in [6, 6.07) is 15.9. The molecule has 0 saturated heterocycles. The minimum Gasteiger partial charge on any atom is -0.467 e. The Labute approximate surface area is 179 Å². The standard InChI is InChI=1S/C22H20Cl2N2O3/c23-18-8-6-16(20(24)12-18)7-9-21(27)25-13-15-3-1-4-17(11-15)22(28)26-14-19-5-2-10-29-19/h1-6,8,10-12H,7,9,13-14H2,(H,25,27)(H,26,28). The Balaban J connectivity index is 1.48. The van der Waals surface area contributed by atoms with Crippen LogP contribution in [0.5, 0.6) is 0 Å². The van der Waals surface area contributed by atoms with E-state index in [9.17, 15) is 9.59 Å². The molecule has 5 nitrogen and oxygen atoms in total. The Morgan fingerprint density at radius 2 is 1.79 bits per heavy atom. The molecular weight excluding hydrogens is 411 g/mol. The smallest absolute Gasteiger partial charge is 0.251 e. The Kier molecular flexibility index (Phi) is 7.33. The number of nitrogens with one attached hydrogen (secondary N) is 2. The summed E-state index contributed by atoms with van der Waals surface area (Å²) < 4.78 is 5.20. The molecule has 0 aliphatic heterocycles. The number of furan rings is 1. The first kappa shape index (κ1) is 21.0. The largest absolute Gasteiger partial charge is 0.467 e. The first-order valence-electron chi connectivity index (χ1n) is 9.11. The zero-order valence-corrected chi connectivity index (χ0v) is 17.1. The van der Waals surface area contributed by atoms with Crippen LogP contribution in [0.25, 0.3) is 0 Å². The quantitative estimate of drug-likeness (QED) is 0.540. The van der Waals surface area contributed by atoms with Gasteiger partial charge < -0.3 is 15.1 Å². The summed E-state index contributed by atoms with van der Waals surface area (Å²) in [5.74, 6) is 0.387. The third kappa shape index (κ3) is 6.38. The lowest BCUT2D eigenvalue weighted by Gasteiger charge is -2.09. The second-order valence-electron chi connectivity index (χ2n) is 6.47. The van der Waals surface area contributed by atoms with E-state index in [1.807, 2.05) is 12.1 Å². The van der Waals surface area contributed by atoms with Gasteiger partial charge in [0.05, 0.1) is 12.8 Å². The van der Waals surface area contributed by atoms with E-state index in [2.05, 4.69) is 10.6 Å². The molecule has 7 heteroatoms. The number of carbonyl (C=O) groups is 2. The Hall–Kier alpha value is -2.76. The molecule has 29 heavy (non-hydrogen) atoms. The third-order valence-electron chi connectivity index (χ3n) is 4.32. The van der Waals surface area contributed by atoms with Crippen molar-refractivity contribution in [3.05, 3.63) is 93.4 Å². The van der Waals surface area contributed by atoms with Crippen LogP contribution in [-0.4, -0.2) is 11.8 Å². The highest BCUT2D eigenvalue weighted by atomic mass is 35.5. The lowest BCUT2D eigenvalue weighted by molar-refractivity contribution is -0.121. The summed E-state index contributed by atoms with van der Waals surface area (Å²) in [4.78, 5) is 24.4. The molecule has 2 N–H and O–H groups in total. The zero-order valence-electron chi connectivity index (χ0n) is 15.6. The molecule has 0 bridgehead atoms. The third-order valence-corrected chi connectivity index (χ3v) is 4.91. The zero-order chi connectivity index (χ0) is 20.6. The number of halogens is 2. The van der Waals surface area contributed by atoms with E-state index in [1.165, 1.54) is 0 Å². The molecule has 2 aromatic carbocycles. The van der Waals surface area contributed by atoms with Crippen molar-refractivity contribution in [1.82, 2.24) is 10.6 Å². The minimum atomic E-state index is -0.202. The van der Waals surface area contributed by atoms with Gasteiger partial charge in [0.1, 0.15) is 5.76 Å². The van der Waals surface area contributed by atoms with E-state index in [0.29, 0.717) is 47.3 Å². The van der Waals surface area contributed by atoms with E-state index in [4.69, 9.17) is 27.6 Å². The van der Waals surface area contributed by atoms with Gasteiger partial charge in [-0.3, -0.25) is 9.59 Å². The van der Waals surface area contributed by atoms with Gasteiger partial charge in [0.25, 0.3) is 5.91 Å². The van der Waals surface area contributed by atoms with Crippen LogP contribution in [0.3, 0.4) is 0 Å². The second kappa shape index (κ2) is 10.1. The Bertz CT molecular complexity index is 987. The molecule has 1 heterocycles. The van der Waals surface area contributed by atoms with Gasteiger partial charge in [0.2, 0.25) is 5.91 Å². The van der Waals surface area contributed by atoms with Crippen LogP contribution in [-0.2, 0) is 24.3 Å². The van der Waals surface area contributed by atoms with Gasteiger partial charge in [-0.2, -0.15) is 0 Å². The van der Waals surface area contributed by atoms with E-state index in [1.54, 1.807) is 48.7 Å². The second-order valence-corrected chi connectivity index (χ2v) is 7.32. The summed E-state index contributed by atoms with van der Waals surface area (Å²) in [5, 5.41) is 6.79. The maximum absolute atomic E-state index is 12.3. The molecule has 2 amide bonds. The molecule has 0 saturated carbocycles. The van der Waals surface area contributed by atoms with Crippen LogP contribution in [0, 0.1) is 0 Å². The number of aryl methyl sites for hydroxylation is 1. The molecule has 3 rings (SSSR count). The van der Waals surface area contributed by atoms with Crippen LogP contribution in [0.2, 0.25) is 10.0 Å². The number of benzene rings is 2. The fraction of sp³-hybridized carbons (Fsp3) is 0.182. The first-order chi connectivity index (χ1) is 14.0. The van der Waals surface area contributed by atoms with Gasteiger partial charge in [-0.1, -0.05) is 41.4 Å². The lowest BCUT2D eigenvalue weighted by atomic mass is 10.1. The lowest BCUT2D eigenvalue weighted by Crippen LogP contribution is -2.24. The monoisotopic (exact) mass is 430 g/mol. The molecule has 0 aliphatic rings. The summed E-state index contributed by atoms with van der Waals surface area (Å²) >= 11 is 12.0. The predicted molar refractivity (Wildman–Crippen MR) is 113 cm³/mol. The van der Waals surface area contributed by atoms with Crippen LogP contribution in [0.1, 0.15) is 33.7 Å². The van der Waals surface area contributed by atoms with Gasteiger partial charge in [-0.25, -0.2) is 0 Å². The normalized spacial score (nSPS) is 10.6. The molecule has 0 unspecified atom stereocenters. The van der Waals surface area contributed by atoms with Crippen LogP contribution < -0.4 is 10.6 Å². The van der Waals surface area contributed by atoms with Gasteiger partial charge >= 0.3 is 0 Å². The highest BCUT2D eigenvalue weighted by molar-refractivity contribution is 6.35. The van der Waals surface area contributed by atoms with Crippen molar-refractivity contribution in [1.29, 1.82) is 0 Å². The average Bonchev–Trinajstić information content (AvgIpc) is 3.24. The highest BCUT2D eigenvalue weighted by Gasteiger charge is 2.09. The number of carbonyl (C=O) groups excluding carboxylic acids is 2. The maximum Gasteiger partial charge on any atom is 0.251 e.